The first-order chi connectivity index (χ1) is 22.4. The normalized spacial score (nSPS) is 19.8. The number of aromatic nitrogens is 5. The summed E-state index contributed by atoms with van der Waals surface area (Å²) in [5, 5.41) is 4.91. The molecule has 11 heteroatoms. The Kier molecular flexibility index (Phi) is 10.2. The minimum Gasteiger partial charge on any atom is -0.361 e. The Morgan fingerprint density at radius 3 is 2.15 bits per heavy atom. The number of hydrogen-bond donors (Lipinski definition) is 0. The maximum Gasteiger partial charge on any atom is 0.256 e. The van der Waals surface area contributed by atoms with E-state index in [-0.39, 0.29) is 5.56 Å². The molecular formula is C36H52N6O3Si2. The van der Waals surface area contributed by atoms with Gasteiger partial charge in [-0.25, -0.2) is 9.97 Å². The molecule has 9 nitrogen and oxygen atoms in total. The summed E-state index contributed by atoms with van der Waals surface area (Å²) in [6.07, 6.45) is 11.9. The van der Waals surface area contributed by atoms with Gasteiger partial charge in [0.15, 0.2) is 5.65 Å². The topological polar surface area (TPSA) is 86.8 Å². The van der Waals surface area contributed by atoms with E-state index in [1.807, 2.05) is 35.1 Å². The van der Waals surface area contributed by atoms with Crippen LogP contribution in [-0.4, -0.2) is 67.0 Å². The summed E-state index contributed by atoms with van der Waals surface area (Å²) >= 11 is 0. The van der Waals surface area contributed by atoms with Crippen molar-refractivity contribution in [2.24, 2.45) is 11.8 Å². The lowest BCUT2D eigenvalue weighted by atomic mass is 9.79. The summed E-state index contributed by atoms with van der Waals surface area (Å²) < 4.78 is 16.2. The van der Waals surface area contributed by atoms with E-state index in [0.29, 0.717) is 25.2 Å². The van der Waals surface area contributed by atoms with Crippen LogP contribution in [-0.2, 0) is 9.47 Å². The number of ether oxygens (including phenoxy) is 2. The molecule has 0 N–H and O–H groups in total. The quantitative estimate of drug-likeness (QED) is 0.0772. The zero-order chi connectivity index (χ0) is 33.2. The third kappa shape index (κ3) is 8.49. The van der Waals surface area contributed by atoms with Crippen molar-refractivity contribution >= 4 is 27.6 Å². The summed E-state index contributed by atoms with van der Waals surface area (Å²) in [7, 11) is -2.46. The Labute approximate surface area is 281 Å². The second-order valence-electron chi connectivity index (χ2n) is 16.1. The van der Waals surface area contributed by atoms with Gasteiger partial charge in [0.25, 0.3) is 5.56 Å². The Hall–Kier alpha value is -3.13. The number of nitrogens with zero attached hydrogens (tertiary/aromatic N) is 6. The van der Waals surface area contributed by atoms with Crippen molar-refractivity contribution in [1.82, 2.24) is 24.1 Å². The first-order valence-corrected chi connectivity index (χ1v) is 24.8. The summed E-state index contributed by atoms with van der Waals surface area (Å²) in [4.78, 5) is 24.6. The van der Waals surface area contributed by atoms with Crippen LogP contribution >= 0.6 is 0 Å². The van der Waals surface area contributed by atoms with Gasteiger partial charge in [0, 0.05) is 76.6 Å². The lowest BCUT2D eigenvalue weighted by molar-refractivity contribution is 0.0942. The van der Waals surface area contributed by atoms with Gasteiger partial charge in [-0.1, -0.05) is 58.2 Å². The van der Waals surface area contributed by atoms with Crippen LogP contribution in [0.3, 0.4) is 0 Å². The van der Waals surface area contributed by atoms with Gasteiger partial charge in [-0.2, -0.15) is 9.61 Å². The zero-order valence-electron chi connectivity index (χ0n) is 29.1. The molecular weight excluding hydrogens is 621 g/mol. The molecule has 47 heavy (non-hydrogen) atoms. The third-order valence-corrected chi connectivity index (χ3v) is 13.1. The zero-order valence-corrected chi connectivity index (χ0v) is 31.1. The molecule has 3 atom stereocenters. The SMILES string of the molecule is C[Si](C)(C)CCOCN(COCC[Si](C)(C)C)c1cc([C@H]2C[C@@H]3CC[C@@H](C3)C2)nc2c(-c3ccc(-n4ccccc4=O)nc3)cnn12. The highest BCUT2D eigenvalue weighted by Gasteiger charge is 2.36. The average molecular weight is 673 g/mol. The molecule has 0 aliphatic heterocycles. The molecule has 2 aliphatic rings. The second-order valence-corrected chi connectivity index (χ2v) is 27.3. The van der Waals surface area contributed by atoms with Crippen molar-refractivity contribution in [2.45, 2.75) is 89.4 Å². The Bertz CT molecular complexity index is 1670. The van der Waals surface area contributed by atoms with Gasteiger partial charge >= 0.3 is 0 Å². The fourth-order valence-electron chi connectivity index (χ4n) is 6.93. The Morgan fingerprint density at radius 1 is 0.872 bits per heavy atom. The molecule has 0 radical (unpaired) electrons. The van der Waals surface area contributed by atoms with Crippen LogP contribution in [0.15, 0.2) is 59.8 Å². The molecule has 0 saturated heterocycles. The minimum absolute atomic E-state index is 0.111. The van der Waals surface area contributed by atoms with Crippen molar-refractivity contribution in [3.05, 3.63) is 71.0 Å². The summed E-state index contributed by atoms with van der Waals surface area (Å²) in [6, 6.07) is 13.5. The van der Waals surface area contributed by atoms with E-state index in [2.05, 4.69) is 55.2 Å². The third-order valence-electron chi connectivity index (χ3n) is 9.72. The average Bonchev–Trinajstić information content (AvgIpc) is 3.61. The lowest BCUT2D eigenvalue weighted by Crippen LogP contribution is -2.33. The van der Waals surface area contributed by atoms with Gasteiger partial charge in [0.1, 0.15) is 25.1 Å². The van der Waals surface area contributed by atoms with Gasteiger partial charge in [-0.15, -0.1) is 0 Å². The van der Waals surface area contributed by atoms with Crippen LogP contribution in [0.1, 0.15) is 43.7 Å². The van der Waals surface area contributed by atoms with Gasteiger partial charge in [0.05, 0.1) is 6.20 Å². The smallest absolute Gasteiger partial charge is 0.256 e. The standard InChI is InChI=1S/C36H52N6O3Si2/c1-46(2,3)17-15-44-25-40(26-45-16-18-47(4,5)6)34-22-32(30-20-27-10-11-28(19-27)21-30)39-36-31(24-38-42(34)36)29-12-13-33(37-23-29)41-14-8-7-9-35(41)43/h7-9,12-14,22-24,27-28,30H,10-11,15-21,25-26H2,1-6H3/t27-,28+,30+. The molecule has 252 valence electrons. The molecule has 0 spiro atoms. The van der Waals surface area contributed by atoms with E-state index in [4.69, 9.17) is 19.6 Å². The number of hydrogen-bond acceptors (Lipinski definition) is 7. The van der Waals surface area contributed by atoms with Crippen LogP contribution in [0, 0.1) is 11.8 Å². The van der Waals surface area contributed by atoms with E-state index in [0.717, 1.165) is 65.4 Å². The van der Waals surface area contributed by atoms with Crippen molar-refractivity contribution in [1.29, 1.82) is 0 Å². The monoisotopic (exact) mass is 672 g/mol. The van der Waals surface area contributed by atoms with Crippen molar-refractivity contribution in [3.63, 3.8) is 0 Å². The Balaban J connectivity index is 1.36. The van der Waals surface area contributed by atoms with Crippen molar-refractivity contribution in [3.8, 4) is 16.9 Å². The number of pyridine rings is 2. The molecule has 4 aromatic rings. The van der Waals surface area contributed by atoms with E-state index >= 15 is 0 Å². The van der Waals surface area contributed by atoms with Crippen molar-refractivity contribution in [2.75, 3.05) is 31.6 Å². The lowest BCUT2D eigenvalue weighted by Gasteiger charge is -2.30. The van der Waals surface area contributed by atoms with Gasteiger partial charge in [-0.3, -0.25) is 9.36 Å². The molecule has 6 rings (SSSR count). The summed E-state index contributed by atoms with van der Waals surface area (Å²) in [6.45, 7) is 16.6. The molecule has 0 amide bonds. The summed E-state index contributed by atoms with van der Waals surface area (Å²) in [5.74, 6) is 3.57. The largest absolute Gasteiger partial charge is 0.361 e. The fourth-order valence-corrected chi connectivity index (χ4v) is 8.45. The first kappa shape index (κ1) is 33.8. The molecule has 4 aromatic heterocycles. The van der Waals surface area contributed by atoms with Gasteiger partial charge < -0.3 is 14.4 Å². The number of rotatable bonds is 14. The molecule has 2 fully saturated rings. The van der Waals surface area contributed by atoms with Gasteiger partial charge in [0.2, 0.25) is 0 Å². The summed E-state index contributed by atoms with van der Waals surface area (Å²) in [5.41, 5.74) is 3.68. The number of anilines is 1. The van der Waals surface area contributed by atoms with E-state index in [1.54, 1.807) is 22.9 Å². The number of fused-ring (bicyclic) bond motifs is 3. The highest BCUT2D eigenvalue weighted by Crippen LogP contribution is 2.48. The van der Waals surface area contributed by atoms with Crippen LogP contribution in [0.25, 0.3) is 22.6 Å². The van der Waals surface area contributed by atoms with E-state index in [1.165, 1.54) is 32.1 Å². The van der Waals surface area contributed by atoms with Crippen LogP contribution in [0.2, 0.25) is 51.4 Å². The van der Waals surface area contributed by atoms with Crippen LogP contribution in [0.4, 0.5) is 5.82 Å². The minimum atomic E-state index is -1.23. The molecule has 2 aliphatic carbocycles. The van der Waals surface area contributed by atoms with Crippen molar-refractivity contribution < 1.29 is 9.47 Å². The molecule has 0 unspecified atom stereocenters. The second kappa shape index (κ2) is 14.2. The molecule has 0 aromatic carbocycles. The van der Waals surface area contributed by atoms with E-state index in [9.17, 15) is 4.79 Å². The predicted octanol–water partition coefficient (Wildman–Crippen LogP) is 7.67. The Morgan fingerprint density at radius 2 is 1.55 bits per heavy atom. The molecule has 4 heterocycles. The van der Waals surface area contributed by atoms with Gasteiger partial charge in [-0.05, 0) is 61.4 Å². The van der Waals surface area contributed by atoms with Crippen LogP contribution in [0.5, 0.6) is 0 Å². The first-order valence-electron chi connectivity index (χ1n) is 17.4. The fraction of sp³-hybridized carbons (Fsp3) is 0.556. The predicted molar refractivity (Wildman–Crippen MR) is 195 cm³/mol. The maximum atomic E-state index is 12.4. The molecule has 2 saturated carbocycles. The van der Waals surface area contributed by atoms with Crippen LogP contribution < -0.4 is 10.5 Å². The highest BCUT2D eigenvalue weighted by molar-refractivity contribution is 6.76. The maximum absolute atomic E-state index is 12.4. The molecule has 2 bridgehead atoms. The van der Waals surface area contributed by atoms with E-state index < -0.39 is 16.1 Å². The highest BCUT2D eigenvalue weighted by atomic mass is 28.3.